The van der Waals surface area contributed by atoms with Gasteiger partial charge in [0.15, 0.2) is 5.78 Å². The number of halogens is 2. The molecule has 2 N–H and O–H groups in total. The van der Waals surface area contributed by atoms with Gasteiger partial charge < -0.3 is 19.9 Å². The summed E-state index contributed by atoms with van der Waals surface area (Å²) in [4.78, 5) is 50.1. The summed E-state index contributed by atoms with van der Waals surface area (Å²) in [6.07, 6.45) is 4.00. The molecule has 1 aromatic heterocycles. The third kappa shape index (κ3) is 6.17. The van der Waals surface area contributed by atoms with Gasteiger partial charge in [0.25, 0.3) is 0 Å². The maximum absolute atomic E-state index is 14.2. The van der Waals surface area contributed by atoms with E-state index in [0.29, 0.717) is 28.8 Å². The highest BCUT2D eigenvalue weighted by Gasteiger charge is 2.30. The van der Waals surface area contributed by atoms with E-state index in [1.54, 1.807) is 35.0 Å². The fraction of sp³-hybridized carbons (Fsp3) is 0.333. The van der Waals surface area contributed by atoms with Gasteiger partial charge in [-0.1, -0.05) is 36.6 Å². The molecule has 1 heterocycles. The summed E-state index contributed by atoms with van der Waals surface area (Å²) in [6.45, 7) is 1.20. The Morgan fingerprint density at radius 2 is 1.95 bits per heavy atom. The van der Waals surface area contributed by atoms with E-state index in [0.717, 1.165) is 12.8 Å². The summed E-state index contributed by atoms with van der Waals surface area (Å²) in [5, 5.41) is 5.98. The summed E-state index contributed by atoms with van der Waals surface area (Å²) >= 11 is 5.82. The molecule has 0 aliphatic heterocycles. The summed E-state index contributed by atoms with van der Waals surface area (Å²) in [7, 11) is 1.27. The molecular weight excluding hydrogens is 501 g/mol. The van der Waals surface area contributed by atoms with Gasteiger partial charge in [-0.05, 0) is 43.5 Å². The van der Waals surface area contributed by atoms with Gasteiger partial charge in [-0.3, -0.25) is 14.4 Å². The van der Waals surface area contributed by atoms with E-state index in [2.05, 4.69) is 10.6 Å². The van der Waals surface area contributed by atoms with Crippen LogP contribution in [0.2, 0.25) is 5.02 Å². The van der Waals surface area contributed by atoms with Crippen LogP contribution in [0.5, 0.6) is 0 Å². The van der Waals surface area contributed by atoms with Crippen LogP contribution in [0.4, 0.5) is 4.39 Å². The van der Waals surface area contributed by atoms with Crippen LogP contribution in [0, 0.1) is 11.7 Å². The number of hydrogen-bond acceptors (Lipinski definition) is 5. The Kier molecular flexibility index (Phi) is 7.92. The third-order valence-corrected chi connectivity index (χ3v) is 6.69. The molecular formula is C27H27ClFN3O5. The third-order valence-electron chi connectivity index (χ3n) is 6.40. The number of Topliss-reactive ketones (excluding diaryl/α,β-unsaturated/α-hetero) is 1. The smallest absolute Gasteiger partial charge is 0.337 e. The number of nitrogens with one attached hydrogen (secondary N) is 2. The monoisotopic (exact) mass is 527 g/mol. The maximum atomic E-state index is 14.2. The van der Waals surface area contributed by atoms with Crippen molar-refractivity contribution in [1.82, 2.24) is 15.2 Å². The van der Waals surface area contributed by atoms with Crippen LogP contribution in [-0.2, 0) is 27.4 Å². The molecule has 8 nitrogen and oxygen atoms in total. The Labute approximate surface area is 218 Å². The van der Waals surface area contributed by atoms with Crippen molar-refractivity contribution in [2.75, 3.05) is 7.11 Å². The first-order valence-electron chi connectivity index (χ1n) is 11.9. The van der Waals surface area contributed by atoms with Crippen molar-refractivity contribution < 1.29 is 28.3 Å². The van der Waals surface area contributed by atoms with Gasteiger partial charge in [0.2, 0.25) is 11.8 Å². The number of ketones is 1. The van der Waals surface area contributed by atoms with Gasteiger partial charge in [-0.2, -0.15) is 0 Å². The van der Waals surface area contributed by atoms with Crippen molar-refractivity contribution >= 4 is 46.1 Å². The van der Waals surface area contributed by atoms with E-state index in [9.17, 15) is 23.6 Å². The number of amides is 2. The summed E-state index contributed by atoms with van der Waals surface area (Å²) < 4.78 is 20.6. The summed E-state index contributed by atoms with van der Waals surface area (Å²) in [5.74, 6) is -1.84. The molecule has 1 atom stereocenters. The molecule has 1 fully saturated rings. The largest absolute Gasteiger partial charge is 0.465 e. The van der Waals surface area contributed by atoms with Gasteiger partial charge >= 0.3 is 5.97 Å². The number of esters is 1. The first kappa shape index (κ1) is 26.3. The number of ether oxygens (including phenoxy) is 1. The van der Waals surface area contributed by atoms with E-state index in [1.165, 1.54) is 26.2 Å². The summed E-state index contributed by atoms with van der Waals surface area (Å²) in [5.41, 5.74) is 1.49. The number of rotatable bonds is 10. The number of methoxy groups -OCH3 is 1. The van der Waals surface area contributed by atoms with Crippen molar-refractivity contribution in [3.8, 4) is 0 Å². The Bertz CT molecular complexity index is 1380. The van der Waals surface area contributed by atoms with Crippen LogP contribution in [0.15, 0.2) is 42.6 Å². The van der Waals surface area contributed by atoms with E-state index in [4.69, 9.17) is 16.3 Å². The topological polar surface area (TPSA) is 106 Å². The molecule has 0 bridgehead atoms. The standard InChI is InChI=1S/C27H27ClFN3O5/c1-15(33)20-13-32(23-9-8-17(11-19(20)23)27(36)37-2)14-24(34)31-22(10-16-6-7-16)26(35)30-12-18-4-3-5-21(28)25(18)29/h3-5,8-9,11,13,16,22H,6-7,10,12,14H2,1-2H3,(H,30,35)(H,31,34)/t22-/m0/s1. The predicted octanol–water partition coefficient (Wildman–Crippen LogP) is 4.02. The zero-order valence-electron chi connectivity index (χ0n) is 20.5. The van der Waals surface area contributed by atoms with Crippen molar-refractivity contribution in [2.45, 2.75) is 45.3 Å². The molecule has 0 saturated heterocycles. The number of carbonyl (C=O) groups is 4. The minimum atomic E-state index is -0.790. The first-order chi connectivity index (χ1) is 17.7. The highest BCUT2D eigenvalue weighted by Crippen LogP contribution is 2.33. The summed E-state index contributed by atoms with van der Waals surface area (Å²) in [6, 6.07) is 8.54. The molecule has 1 saturated carbocycles. The average molecular weight is 528 g/mol. The Morgan fingerprint density at radius 3 is 2.62 bits per heavy atom. The lowest BCUT2D eigenvalue weighted by Crippen LogP contribution is -2.47. The van der Waals surface area contributed by atoms with Crippen LogP contribution in [0.1, 0.15) is 52.5 Å². The van der Waals surface area contributed by atoms with Gasteiger partial charge in [0, 0.05) is 34.8 Å². The lowest BCUT2D eigenvalue weighted by atomic mass is 10.1. The second kappa shape index (κ2) is 11.1. The van der Waals surface area contributed by atoms with E-state index in [1.807, 2.05) is 0 Å². The second-order valence-corrected chi connectivity index (χ2v) is 9.59. The normalized spacial score (nSPS) is 13.7. The quantitative estimate of drug-likeness (QED) is 0.306. The van der Waals surface area contributed by atoms with Gasteiger partial charge in [-0.25, -0.2) is 9.18 Å². The second-order valence-electron chi connectivity index (χ2n) is 9.18. The molecule has 2 amide bonds. The molecule has 194 valence electrons. The minimum absolute atomic E-state index is 0.0304. The molecule has 1 aliphatic rings. The molecule has 2 aromatic carbocycles. The number of aromatic nitrogens is 1. The van der Waals surface area contributed by atoms with Crippen LogP contribution < -0.4 is 10.6 Å². The molecule has 0 unspecified atom stereocenters. The van der Waals surface area contributed by atoms with Crippen molar-refractivity contribution in [3.63, 3.8) is 0 Å². The van der Waals surface area contributed by atoms with Crippen LogP contribution in [-0.4, -0.2) is 41.3 Å². The molecule has 0 spiro atoms. The number of fused-ring (bicyclic) bond motifs is 1. The zero-order chi connectivity index (χ0) is 26.7. The van der Waals surface area contributed by atoms with Gasteiger partial charge in [0.1, 0.15) is 18.4 Å². The van der Waals surface area contributed by atoms with Crippen molar-refractivity contribution in [3.05, 3.63) is 70.1 Å². The number of hydrogen-bond donors (Lipinski definition) is 2. The Balaban J connectivity index is 1.49. The van der Waals surface area contributed by atoms with Crippen LogP contribution >= 0.6 is 11.6 Å². The molecule has 1 aliphatic carbocycles. The van der Waals surface area contributed by atoms with E-state index >= 15 is 0 Å². The lowest BCUT2D eigenvalue weighted by Gasteiger charge is -2.19. The molecule has 37 heavy (non-hydrogen) atoms. The minimum Gasteiger partial charge on any atom is -0.465 e. The fourth-order valence-electron chi connectivity index (χ4n) is 4.26. The number of nitrogens with zero attached hydrogens (tertiary/aromatic N) is 1. The van der Waals surface area contributed by atoms with Gasteiger partial charge in [0.05, 0.1) is 17.7 Å². The van der Waals surface area contributed by atoms with Gasteiger partial charge in [-0.15, -0.1) is 0 Å². The maximum Gasteiger partial charge on any atom is 0.337 e. The van der Waals surface area contributed by atoms with Crippen molar-refractivity contribution in [2.24, 2.45) is 5.92 Å². The molecule has 10 heteroatoms. The van der Waals surface area contributed by atoms with E-state index in [-0.39, 0.29) is 35.0 Å². The number of carbonyl (C=O) groups excluding carboxylic acids is 4. The Hall–Kier alpha value is -3.72. The molecule has 4 rings (SSSR count). The average Bonchev–Trinajstić information content (AvgIpc) is 3.62. The fourth-order valence-corrected chi connectivity index (χ4v) is 4.45. The van der Waals surface area contributed by atoms with Crippen LogP contribution in [0.3, 0.4) is 0 Å². The van der Waals surface area contributed by atoms with Crippen LogP contribution in [0.25, 0.3) is 10.9 Å². The molecule has 3 aromatic rings. The molecule has 0 radical (unpaired) electrons. The lowest BCUT2D eigenvalue weighted by molar-refractivity contribution is -0.129. The highest BCUT2D eigenvalue weighted by molar-refractivity contribution is 6.30. The highest BCUT2D eigenvalue weighted by atomic mass is 35.5. The first-order valence-corrected chi connectivity index (χ1v) is 12.3. The zero-order valence-corrected chi connectivity index (χ0v) is 21.2. The SMILES string of the molecule is COC(=O)c1ccc2c(c1)c(C(C)=O)cn2CC(=O)N[C@@H](CC1CC1)C(=O)NCc1cccc(Cl)c1F. The Morgan fingerprint density at radius 1 is 1.19 bits per heavy atom. The number of benzene rings is 2. The van der Waals surface area contributed by atoms with Crippen molar-refractivity contribution in [1.29, 1.82) is 0 Å². The van der Waals surface area contributed by atoms with E-state index < -0.39 is 29.6 Å². The predicted molar refractivity (Wildman–Crippen MR) is 136 cm³/mol.